The van der Waals surface area contributed by atoms with E-state index in [4.69, 9.17) is 4.74 Å². The van der Waals surface area contributed by atoms with Crippen LogP contribution in [-0.2, 0) is 29.2 Å². The molecule has 0 aromatic carbocycles. The number of rotatable bonds is 5. The molecule has 3 heterocycles. The predicted octanol–water partition coefficient (Wildman–Crippen LogP) is 2.92. The van der Waals surface area contributed by atoms with Gasteiger partial charge >= 0.3 is 0 Å². The number of hydrogen-bond donors (Lipinski definition) is 0. The largest absolute Gasteiger partial charge is 0.368 e. The number of ether oxygens (including phenoxy) is 1. The fraction of sp³-hybridized carbons (Fsp3) is 0.474. The van der Waals surface area contributed by atoms with Gasteiger partial charge in [0.15, 0.2) is 0 Å². The molecule has 2 aromatic heterocycles. The zero-order chi connectivity index (χ0) is 16.9. The maximum Gasteiger partial charge on any atom is 0.222 e. The van der Waals surface area contributed by atoms with Gasteiger partial charge in [0.25, 0.3) is 0 Å². The van der Waals surface area contributed by atoms with Crippen LogP contribution in [0.4, 0.5) is 0 Å². The highest BCUT2D eigenvalue weighted by Crippen LogP contribution is 2.17. The lowest BCUT2D eigenvalue weighted by atomic mass is 10.2. The standard InChI is InChI=1S/C19H25N3O2/c1-3-6-19(23)22-11-17-9-5-10-21(17)12-18(13-22)24-14-16-8-4-7-15(2)20-16/h4-5,7-10,18H,3,6,11-14H2,1-2H3/t18-/m0/s1. The maximum atomic E-state index is 12.4. The van der Waals surface area contributed by atoms with Crippen LogP contribution < -0.4 is 0 Å². The Morgan fingerprint density at radius 1 is 1.29 bits per heavy atom. The number of nitrogens with zero attached hydrogens (tertiary/aromatic N) is 3. The average Bonchev–Trinajstić information content (AvgIpc) is 2.91. The quantitative estimate of drug-likeness (QED) is 0.848. The van der Waals surface area contributed by atoms with Crippen molar-refractivity contribution in [1.29, 1.82) is 0 Å². The third kappa shape index (κ3) is 4.03. The van der Waals surface area contributed by atoms with Gasteiger partial charge in [0.1, 0.15) is 0 Å². The van der Waals surface area contributed by atoms with E-state index in [2.05, 4.69) is 21.8 Å². The van der Waals surface area contributed by atoms with Crippen molar-refractivity contribution in [2.24, 2.45) is 0 Å². The van der Waals surface area contributed by atoms with Crippen molar-refractivity contribution >= 4 is 5.91 Å². The fourth-order valence-corrected chi connectivity index (χ4v) is 3.10. The highest BCUT2D eigenvalue weighted by Gasteiger charge is 2.25. The second kappa shape index (κ2) is 7.62. The molecule has 0 unspecified atom stereocenters. The molecule has 24 heavy (non-hydrogen) atoms. The Hall–Kier alpha value is -2.14. The van der Waals surface area contributed by atoms with E-state index in [1.807, 2.05) is 43.0 Å². The lowest BCUT2D eigenvalue weighted by Gasteiger charge is -2.24. The first kappa shape index (κ1) is 16.7. The summed E-state index contributed by atoms with van der Waals surface area (Å²) >= 11 is 0. The van der Waals surface area contributed by atoms with Crippen LogP contribution in [0.2, 0.25) is 0 Å². The van der Waals surface area contributed by atoms with E-state index in [9.17, 15) is 4.79 Å². The Morgan fingerprint density at radius 3 is 2.96 bits per heavy atom. The highest BCUT2D eigenvalue weighted by atomic mass is 16.5. The SMILES string of the molecule is CCCC(=O)N1Cc2cccn2C[C@H](OCc2cccc(C)n2)C1. The Labute approximate surface area is 143 Å². The predicted molar refractivity (Wildman–Crippen MR) is 92.3 cm³/mol. The van der Waals surface area contributed by atoms with E-state index >= 15 is 0 Å². The first-order valence-corrected chi connectivity index (χ1v) is 8.61. The van der Waals surface area contributed by atoms with Gasteiger partial charge in [-0.15, -0.1) is 0 Å². The second-order valence-corrected chi connectivity index (χ2v) is 6.38. The number of fused-ring (bicyclic) bond motifs is 1. The minimum Gasteiger partial charge on any atom is -0.368 e. The molecule has 0 saturated carbocycles. The molecule has 0 bridgehead atoms. The summed E-state index contributed by atoms with van der Waals surface area (Å²) in [5.74, 6) is 0.203. The van der Waals surface area contributed by atoms with Crippen molar-refractivity contribution in [3.05, 3.63) is 53.6 Å². The molecule has 0 spiro atoms. The molecule has 128 valence electrons. The maximum absolute atomic E-state index is 12.4. The van der Waals surface area contributed by atoms with E-state index in [0.717, 1.165) is 24.4 Å². The van der Waals surface area contributed by atoms with Gasteiger partial charge in [-0.25, -0.2) is 0 Å². The van der Waals surface area contributed by atoms with Crippen LogP contribution in [0.15, 0.2) is 36.5 Å². The number of hydrogen-bond acceptors (Lipinski definition) is 3. The summed E-state index contributed by atoms with van der Waals surface area (Å²) in [6.07, 6.45) is 3.49. The molecule has 0 N–H and O–H groups in total. The van der Waals surface area contributed by atoms with Crippen molar-refractivity contribution in [3.8, 4) is 0 Å². The molecule has 1 atom stereocenters. The van der Waals surface area contributed by atoms with Crippen LogP contribution in [0.5, 0.6) is 0 Å². The first-order chi connectivity index (χ1) is 11.7. The third-order valence-electron chi connectivity index (χ3n) is 4.33. The smallest absolute Gasteiger partial charge is 0.222 e. The van der Waals surface area contributed by atoms with Crippen LogP contribution in [0, 0.1) is 6.92 Å². The van der Waals surface area contributed by atoms with Gasteiger partial charge in [-0.1, -0.05) is 13.0 Å². The molecule has 0 radical (unpaired) electrons. The molecule has 1 aliphatic rings. The molecule has 1 aliphatic heterocycles. The monoisotopic (exact) mass is 327 g/mol. The topological polar surface area (TPSA) is 47.4 Å². The second-order valence-electron chi connectivity index (χ2n) is 6.38. The number of pyridine rings is 1. The van der Waals surface area contributed by atoms with E-state index in [-0.39, 0.29) is 12.0 Å². The van der Waals surface area contributed by atoms with E-state index in [1.165, 1.54) is 5.69 Å². The summed E-state index contributed by atoms with van der Waals surface area (Å²) in [6.45, 7) is 6.55. The Balaban J connectivity index is 1.70. The Kier molecular flexibility index (Phi) is 5.30. The minimum absolute atomic E-state index is 0.0261. The molecule has 0 aliphatic carbocycles. The summed E-state index contributed by atoms with van der Waals surface area (Å²) in [4.78, 5) is 18.8. The van der Waals surface area contributed by atoms with Crippen molar-refractivity contribution < 1.29 is 9.53 Å². The van der Waals surface area contributed by atoms with Gasteiger partial charge in [0.2, 0.25) is 5.91 Å². The van der Waals surface area contributed by atoms with Gasteiger partial charge in [-0.3, -0.25) is 9.78 Å². The molecular weight excluding hydrogens is 302 g/mol. The summed E-state index contributed by atoms with van der Waals surface area (Å²) in [5.41, 5.74) is 3.09. The molecule has 2 aromatic rings. The lowest BCUT2D eigenvalue weighted by molar-refractivity contribution is -0.134. The molecule has 5 heteroatoms. The number of carbonyl (C=O) groups is 1. The van der Waals surface area contributed by atoms with Crippen molar-refractivity contribution in [2.75, 3.05) is 6.54 Å². The number of aromatic nitrogens is 2. The highest BCUT2D eigenvalue weighted by molar-refractivity contribution is 5.76. The van der Waals surface area contributed by atoms with E-state index in [0.29, 0.717) is 26.1 Å². The number of carbonyl (C=O) groups excluding carboxylic acids is 1. The molecular formula is C19H25N3O2. The van der Waals surface area contributed by atoms with Gasteiger partial charge in [-0.2, -0.15) is 0 Å². The van der Waals surface area contributed by atoms with E-state index in [1.54, 1.807) is 0 Å². The van der Waals surface area contributed by atoms with Crippen molar-refractivity contribution in [2.45, 2.75) is 52.5 Å². The summed E-state index contributed by atoms with van der Waals surface area (Å²) in [7, 11) is 0. The van der Waals surface area contributed by atoms with Crippen molar-refractivity contribution in [3.63, 3.8) is 0 Å². The third-order valence-corrected chi connectivity index (χ3v) is 4.33. The van der Waals surface area contributed by atoms with Gasteiger partial charge < -0.3 is 14.2 Å². The van der Waals surface area contributed by atoms with Crippen LogP contribution >= 0.6 is 0 Å². The van der Waals surface area contributed by atoms with Crippen LogP contribution in [0.25, 0.3) is 0 Å². The Bertz CT molecular complexity index is 695. The molecule has 0 fully saturated rings. The van der Waals surface area contributed by atoms with Gasteiger partial charge in [0.05, 0.1) is 31.5 Å². The summed E-state index contributed by atoms with van der Waals surface area (Å²) in [5, 5.41) is 0. The van der Waals surface area contributed by atoms with E-state index < -0.39 is 0 Å². The Morgan fingerprint density at radius 2 is 2.17 bits per heavy atom. The van der Waals surface area contributed by atoms with Gasteiger partial charge in [-0.05, 0) is 37.6 Å². The molecule has 1 amide bonds. The lowest BCUT2D eigenvalue weighted by Crippen LogP contribution is -2.37. The first-order valence-electron chi connectivity index (χ1n) is 8.61. The molecule has 3 rings (SSSR count). The average molecular weight is 327 g/mol. The number of aryl methyl sites for hydroxylation is 1. The summed E-state index contributed by atoms with van der Waals surface area (Å²) in [6, 6.07) is 10.1. The normalized spacial score (nSPS) is 17.4. The van der Waals surface area contributed by atoms with Crippen molar-refractivity contribution in [1.82, 2.24) is 14.5 Å². The fourth-order valence-electron chi connectivity index (χ4n) is 3.10. The zero-order valence-corrected chi connectivity index (χ0v) is 14.4. The van der Waals surface area contributed by atoms with Crippen LogP contribution in [0.1, 0.15) is 36.8 Å². The molecule has 0 saturated heterocycles. The van der Waals surface area contributed by atoms with Gasteiger partial charge in [0, 0.05) is 30.6 Å². The zero-order valence-electron chi connectivity index (χ0n) is 14.4. The molecule has 5 nitrogen and oxygen atoms in total. The number of amides is 1. The van der Waals surface area contributed by atoms with Crippen LogP contribution in [-0.4, -0.2) is 33.0 Å². The van der Waals surface area contributed by atoms with Crippen LogP contribution in [0.3, 0.4) is 0 Å². The minimum atomic E-state index is -0.0261. The summed E-state index contributed by atoms with van der Waals surface area (Å²) < 4.78 is 8.30.